The van der Waals surface area contributed by atoms with E-state index >= 15 is 0 Å². The maximum absolute atomic E-state index is 4.44. The lowest BCUT2D eigenvalue weighted by Crippen LogP contribution is -2.14. The van der Waals surface area contributed by atoms with E-state index in [1.165, 1.54) is 0 Å². The van der Waals surface area contributed by atoms with Gasteiger partial charge in [-0.1, -0.05) is 6.92 Å². The normalized spacial score (nSPS) is 9.73. The van der Waals surface area contributed by atoms with Crippen LogP contribution in [0.4, 0.5) is 0 Å². The molecule has 3 heteroatoms. The maximum atomic E-state index is 4.44. The van der Waals surface area contributed by atoms with Crippen molar-refractivity contribution >= 4 is 0 Å². The average Bonchev–Trinajstić information content (AvgIpc) is 2.67. The van der Waals surface area contributed by atoms with E-state index in [0.29, 0.717) is 0 Å². The summed E-state index contributed by atoms with van der Waals surface area (Å²) in [5.41, 5.74) is 1.10. The first kappa shape index (κ1) is 11.8. The number of aryl methyl sites for hydroxylation is 1. The largest absolute Gasteiger partial charge is 0.311 e. The molecule has 0 aromatic carbocycles. The molecule has 1 aromatic heterocycles. The van der Waals surface area contributed by atoms with E-state index in [-0.39, 0.29) is 0 Å². The molecule has 15 heavy (non-hydrogen) atoms. The zero-order chi connectivity index (χ0) is 10.9. The number of hydrogen-bond donors (Lipinski definition) is 1. The Hall–Kier alpha value is -1.27. The van der Waals surface area contributed by atoms with Gasteiger partial charge < -0.3 is 5.32 Å². The van der Waals surface area contributed by atoms with Crippen LogP contribution in [0.5, 0.6) is 0 Å². The SMILES string of the molecule is CC#CCCn1ccc(CNCCC)n1. The van der Waals surface area contributed by atoms with Crippen molar-refractivity contribution in [2.45, 2.75) is 39.8 Å². The van der Waals surface area contributed by atoms with Crippen molar-refractivity contribution in [2.75, 3.05) is 6.54 Å². The first-order chi connectivity index (χ1) is 7.36. The van der Waals surface area contributed by atoms with Gasteiger partial charge in [0.05, 0.1) is 12.2 Å². The van der Waals surface area contributed by atoms with E-state index in [4.69, 9.17) is 0 Å². The van der Waals surface area contributed by atoms with Crippen molar-refractivity contribution in [1.82, 2.24) is 15.1 Å². The highest BCUT2D eigenvalue weighted by atomic mass is 15.3. The summed E-state index contributed by atoms with van der Waals surface area (Å²) in [5, 5.41) is 7.77. The average molecular weight is 205 g/mol. The number of nitrogens with zero attached hydrogens (tertiary/aromatic N) is 2. The van der Waals surface area contributed by atoms with Crippen LogP contribution >= 0.6 is 0 Å². The molecule has 1 aromatic rings. The molecule has 0 aliphatic carbocycles. The third-order valence-electron chi connectivity index (χ3n) is 2.07. The van der Waals surface area contributed by atoms with Crippen LogP contribution in [0.1, 0.15) is 32.4 Å². The molecule has 0 spiro atoms. The van der Waals surface area contributed by atoms with Crippen LogP contribution in [-0.4, -0.2) is 16.3 Å². The molecule has 0 amide bonds. The van der Waals surface area contributed by atoms with Crippen molar-refractivity contribution in [3.63, 3.8) is 0 Å². The molecular formula is C12H19N3. The monoisotopic (exact) mass is 205 g/mol. The van der Waals surface area contributed by atoms with Crippen LogP contribution < -0.4 is 5.32 Å². The Balaban J connectivity index is 2.31. The predicted molar refractivity (Wildman–Crippen MR) is 62.3 cm³/mol. The van der Waals surface area contributed by atoms with Crippen LogP contribution in [0.15, 0.2) is 12.3 Å². The Morgan fingerprint density at radius 3 is 3.13 bits per heavy atom. The zero-order valence-corrected chi connectivity index (χ0v) is 9.58. The van der Waals surface area contributed by atoms with Crippen molar-refractivity contribution in [3.05, 3.63) is 18.0 Å². The first-order valence-corrected chi connectivity index (χ1v) is 5.49. The van der Waals surface area contributed by atoms with Gasteiger partial charge >= 0.3 is 0 Å². The number of nitrogens with one attached hydrogen (secondary N) is 1. The standard InChI is InChI=1S/C12H19N3/c1-3-5-6-9-15-10-7-12(14-15)11-13-8-4-2/h7,10,13H,4,6,8-9,11H2,1-2H3. The fraction of sp³-hybridized carbons (Fsp3) is 0.583. The van der Waals surface area contributed by atoms with Gasteiger partial charge in [0, 0.05) is 19.2 Å². The Bertz CT molecular complexity index is 330. The first-order valence-electron chi connectivity index (χ1n) is 5.49. The molecule has 0 saturated carbocycles. The number of rotatable bonds is 6. The lowest BCUT2D eigenvalue weighted by molar-refractivity contribution is 0.600. The Morgan fingerprint density at radius 2 is 2.40 bits per heavy atom. The summed E-state index contributed by atoms with van der Waals surface area (Å²) < 4.78 is 1.95. The van der Waals surface area contributed by atoms with Crippen molar-refractivity contribution in [2.24, 2.45) is 0 Å². The summed E-state index contributed by atoms with van der Waals surface area (Å²) in [6.45, 7) is 6.82. The zero-order valence-electron chi connectivity index (χ0n) is 9.58. The Labute approximate surface area is 91.9 Å². The quantitative estimate of drug-likeness (QED) is 0.567. The highest BCUT2D eigenvalue weighted by Crippen LogP contribution is 1.96. The summed E-state index contributed by atoms with van der Waals surface area (Å²) in [4.78, 5) is 0. The van der Waals surface area contributed by atoms with Gasteiger partial charge in [0.15, 0.2) is 0 Å². The van der Waals surface area contributed by atoms with Gasteiger partial charge in [-0.05, 0) is 26.0 Å². The summed E-state index contributed by atoms with van der Waals surface area (Å²) in [7, 11) is 0. The third-order valence-corrected chi connectivity index (χ3v) is 2.07. The van der Waals surface area contributed by atoms with Gasteiger partial charge in [-0.2, -0.15) is 5.10 Å². The Kier molecular flexibility index (Phi) is 5.57. The molecule has 3 nitrogen and oxygen atoms in total. The van der Waals surface area contributed by atoms with Crippen LogP contribution in [0.2, 0.25) is 0 Å². The van der Waals surface area contributed by atoms with Crippen molar-refractivity contribution in [1.29, 1.82) is 0 Å². The molecule has 0 fully saturated rings. The van der Waals surface area contributed by atoms with Gasteiger partial charge in [0.1, 0.15) is 0 Å². The second kappa shape index (κ2) is 7.08. The van der Waals surface area contributed by atoms with Crippen molar-refractivity contribution < 1.29 is 0 Å². The molecule has 0 radical (unpaired) electrons. The minimum atomic E-state index is 0.861. The van der Waals surface area contributed by atoms with E-state index in [9.17, 15) is 0 Å². The molecule has 0 saturated heterocycles. The van der Waals surface area contributed by atoms with Gasteiger partial charge in [-0.25, -0.2) is 0 Å². The summed E-state index contributed by atoms with van der Waals surface area (Å²) >= 11 is 0. The minimum Gasteiger partial charge on any atom is -0.311 e. The van der Waals surface area contributed by atoms with Gasteiger partial charge in [0.25, 0.3) is 0 Å². The molecule has 1 rings (SSSR count). The van der Waals surface area contributed by atoms with E-state index in [0.717, 1.165) is 38.2 Å². The molecule has 0 atom stereocenters. The molecule has 0 unspecified atom stereocenters. The Morgan fingerprint density at radius 1 is 1.53 bits per heavy atom. The second-order valence-corrected chi connectivity index (χ2v) is 3.42. The molecule has 0 bridgehead atoms. The number of aromatic nitrogens is 2. The van der Waals surface area contributed by atoms with E-state index in [1.807, 2.05) is 17.8 Å². The predicted octanol–water partition coefficient (Wildman–Crippen LogP) is 1.80. The van der Waals surface area contributed by atoms with Crippen molar-refractivity contribution in [3.8, 4) is 11.8 Å². The number of hydrogen-bond acceptors (Lipinski definition) is 2. The highest BCUT2D eigenvalue weighted by Gasteiger charge is 1.97. The van der Waals surface area contributed by atoms with Crippen LogP contribution in [0, 0.1) is 11.8 Å². The van der Waals surface area contributed by atoms with Gasteiger partial charge in [-0.15, -0.1) is 11.8 Å². The lowest BCUT2D eigenvalue weighted by Gasteiger charge is -1.99. The maximum Gasteiger partial charge on any atom is 0.0762 e. The van der Waals surface area contributed by atoms with E-state index < -0.39 is 0 Å². The molecule has 0 aliphatic rings. The second-order valence-electron chi connectivity index (χ2n) is 3.42. The fourth-order valence-corrected chi connectivity index (χ4v) is 1.31. The minimum absolute atomic E-state index is 0.861. The summed E-state index contributed by atoms with van der Waals surface area (Å²) in [5.74, 6) is 5.92. The third kappa shape index (κ3) is 4.66. The van der Waals surface area contributed by atoms with E-state index in [2.05, 4.69) is 35.2 Å². The molecule has 0 aliphatic heterocycles. The molecule has 1 heterocycles. The smallest absolute Gasteiger partial charge is 0.0762 e. The topological polar surface area (TPSA) is 29.9 Å². The lowest BCUT2D eigenvalue weighted by atomic mass is 10.4. The highest BCUT2D eigenvalue weighted by molar-refractivity contribution is 4.99. The van der Waals surface area contributed by atoms with Gasteiger partial charge in [0.2, 0.25) is 0 Å². The summed E-state index contributed by atoms with van der Waals surface area (Å²) in [6.07, 6.45) is 4.05. The fourth-order valence-electron chi connectivity index (χ4n) is 1.31. The molecule has 82 valence electrons. The molecule has 1 N–H and O–H groups in total. The van der Waals surface area contributed by atoms with Crippen LogP contribution in [0.3, 0.4) is 0 Å². The van der Waals surface area contributed by atoms with Crippen LogP contribution in [-0.2, 0) is 13.1 Å². The van der Waals surface area contributed by atoms with E-state index in [1.54, 1.807) is 0 Å². The molecular weight excluding hydrogens is 186 g/mol. The van der Waals surface area contributed by atoms with Gasteiger partial charge in [-0.3, -0.25) is 4.68 Å². The van der Waals surface area contributed by atoms with Crippen LogP contribution in [0.25, 0.3) is 0 Å². The summed E-state index contributed by atoms with van der Waals surface area (Å²) in [6, 6.07) is 2.06.